The maximum absolute atomic E-state index is 13.7. The number of carbonyl (C=O) groups is 1. The summed E-state index contributed by atoms with van der Waals surface area (Å²) >= 11 is 0. The molecule has 0 saturated carbocycles. The van der Waals surface area contributed by atoms with Gasteiger partial charge in [0, 0.05) is 12.2 Å². The smallest absolute Gasteiger partial charge is 0.239 e. The van der Waals surface area contributed by atoms with E-state index in [1.165, 1.54) is 0 Å². The Morgan fingerprint density at radius 2 is 1.63 bits per heavy atom. The molecule has 152 valence electrons. The van der Waals surface area contributed by atoms with Crippen LogP contribution in [0, 0.1) is 12.3 Å². The van der Waals surface area contributed by atoms with Crippen LogP contribution < -0.4 is 9.64 Å². The third-order valence-corrected chi connectivity index (χ3v) is 5.86. The molecule has 1 atom stereocenters. The third kappa shape index (κ3) is 3.61. The first-order valence-corrected chi connectivity index (χ1v) is 10.2. The second-order valence-electron chi connectivity index (χ2n) is 7.85. The number of hydrogen-bond acceptors (Lipinski definition) is 3. The Hall–Kier alpha value is -3.40. The minimum Gasteiger partial charge on any atom is -0.497 e. The summed E-state index contributed by atoms with van der Waals surface area (Å²) in [6.45, 7) is 4.74. The van der Waals surface area contributed by atoms with Crippen LogP contribution in [0.15, 0.2) is 83.9 Å². The standard InChI is InChI=1S/C26H26N2O2/c1-19-9-7-8-12-23(19)24(27-20-10-5-4-6-11-20)26(2)17-18-28(25(26)29)21-13-15-22(30-3)16-14-21/h4-16H,17-18H2,1-3H3. The van der Waals surface area contributed by atoms with E-state index >= 15 is 0 Å². The van der Waals surface area contributed by atoms with E-state index in [-0.39, 0.29) is 5.91 Å². The normalized spacial score (nSPS) is 19.2. The van der Waals surface area contributed by atoms with E-state index in [9.17, 15) is 4.79 Å². The van der Waals surface area contributed by atoms with Gasteiger partial charge in [-0.15, -0.1) is 0 Å². The molecule has 4 rings (SSSR count). The molecule has 1 heterocycles. The second kappa shape index (κ2) is 8.15. The molecule has 1 aliphatic rings. The van der Waals surface area contributed by atoms with Crippen LogP contribution in [-0.2, 0) is 4.79 Å². The van der Waals surface area contributed by atoms with Gasteiger partial charge in [0.05, 0.1) is 23.9 Å². The number of hydrogen-bond donors (Lipinski definition) is 0. The lowest BCUT2D eigenvalue weighted by atomic mass is 9.78. The van der Waals surface area contributed by atoms with E-state index in [1.807, 2.05) is 78.6 Å². The van der Waals surface area contributed by atoms with Crippen LogP contribution in [0.3, 0.4) is 0 Å². The average molecular weight is 399 g/mol. The molecule has 3 aromatic rings. The maximum atomic E-state index is 13.7. The van der Waals surface area contributed by atoms with Crippen molar-refractivity contribution in [3.05, 3.63) is 90.0 Å². The van der Waals surface area contributed by atoms with Crippen LogP contribution in [0.25, 0.3) is 0 Å². The van der Waals surface area contributed by atoms with Crippen molar-refractivity contribution < 1.29 is 9.53 Å². The van der Waals surface area contributed by atoms with Crippen molar-refractivity contribution in [2.45, 2.75) is 20.3 Å². The lowest BCUT2D eigenvalue weighted by Gasteiger charge is -2.27. The molecule has 0 N–H and O–H groups in total. The van der Waals surface area contributed by atoms with Crippen molar-refractivity contribution >= 4 is 23.0 Å². The van der Waals surface area contributed by atoms with E-state index < -0.39 is 5.41 Å². The summed E-state index contributed by atoms with van der Waals surface area (Å²) in [7, 11) is 1.64. The van der Waals surface area contributed by atoms with Crippen molar-refractivity contribution in [1.29, 1.82) is 0 Å². The second-order valence-corrected chi connectivity index (χ2v) is 7.85. The van der Waals surface area contributed by atoms with Gasteiger partial charge >= 0.3 is 0 Å². The van der Waals surface area contributed by atoms with Crippen molar-refractivity contribution in [2.75, 3.05) is 18.6 Å². The zero-order valence-corrected chi connectivity index (χ0v) is 17.6. The van der Waals surface area contributed by atoms with Crippen molar-refractivity contribution in [1.82, 2.24) is 0 Å². The summed E-state index contributed by atoms with van der Waals surface area (Å²) in [6, 6.07) is 25.7. The first-order valence-electron chi connectivity index (χ1n) is 10.2. The molecule has 1 saturated heterocycles. The van der Waals surface area contributed by atoms with Crippen molar-refractivity contribution in [3.8, 4) is 5.75 Å². The van der Waals surface area contributed by atoms with Crippen LogP contribution in [0.5, 0.6) is 5.75 Å². The number of nitrogens with zero attached hydrogens (tertiary/aromatic N) is 2. The first-order chi connectivity index (χ1) is 14.5. The quantitative estimate of drug-likeness (QED) is 0.528. The van der Waals surface area contributed by atoms with Gasteiger partial charge in [0.2, 0.25) is 5.91 Å². The highest BCUT2D eigenvalue weighted by Crippen LogP contribution is 2.40. The van der Waals surface area contributed by atoms with Crippen LogP contribution in [-0.4, -0.2) is 25.3 Å². The molecule has 30 heavy (non-hydrogen) atoms. The Kier molecular flexibility index (Phi) is 5.40. The number of aliphatic imine (C=N–C) groups is 1. The fourth-order valence-corrected chi connectivity index (χ4v) is 4.02. The summed E-state index contributed by atoms with van der Waals surface area (Å²) < 4.78 is 5.25. The number of benzene rings is 3. The molecule has 0 aromatic heterocycles. The highest BCUT2D eigenvalue weighted by atomic mass is 16.5. The average Bonchev–Trinajstić information content (AvgIpc) is 3.09. The third-order valence-electron chi connectivity index (χ3n) is 5.86. The lowest BCUT2D eigenvalue weighted by Crippen LogP contribution is -2.39. The van der Waals surface area contributed by atoms with Gasteiger partial charge in [0.25, 0.3) is 0 Å². The van der Waals surface area contributed by atoms with E-state index in [0.717, 1.165) is 34.0 Å². The van der Waals surface area contributed by atoms with E-state index in [0.29, 0.717) is 13.0 Å². The largest absolute Gasteiger partial charge is 0.497 e. The summed E-state index contributed by atoms with van der Waals surface area (Å²) in [4.78, 5) is 20.6. The molecule has 1 amide bonds. The number of carbonyl (C=O) groups excluding carboxylic acids is 1. The number of methoxy groups -OCH3 is 1. The Bertz CT molecular complexity index is 1070. The molecule has 0 aliphatic carbocycles. The van der Waals surface area contributed by atoms with Crippen LogP contribution in [0.4, 0.5) is 11.4 Å². The Morgan fingerprint density at radius 1 is 0.967 bits per heavy atom. The Balaban J connectivity index is 1.77. The number of ether oxygens (including phenoxy) is 1. The zero-order valence-electron chi connectivity index (χ0n) is 17.6. The number of rotatable bonds is 5. The predicted molar refractivity (Wildman–Crippen MR) is 122 cm³/mol. The summed E-state index contributed by atoms with van der Waals surface area (Å²) in [5, 5.41) is 0. The van der Waals surface area contributed by atoms with Gasteiger partial charge in [-0.3, -0.25) is 9.79 Å². The highest BCUT2D eigenvalue weighted by Gasteiger charge is 2.47. The van der Waals surface area contributed by atoms with Gasteiger partial charge in [0.15, 0.2) is 0 Å². The van der Waals surface area contributed by atoms with Gasteiger partial charge in [-0.05, 0) is 67.8 Å². The molecule has 0 radical (unpaired) electrons. The van der Waals surface area contributed by atoms with E-state index in [4.69, 9.17) is 9.73 Å². The maximum Gasteiger partial charge on any atom is 0.239 e. The topological polar surface area (TPSA) is 41.9 Å². The summed E-state index contributed by atoms with van der Waals surface area (Å²) in [5.74, 6) is 0.852. The van der Waals surface area contributed by atoms with Gasteiger partial charge < -0.3 is 9.64 Å². The molecular formula is C26H26N2O2. The fraction of sp³-hybridized carbons (Fsp3) is 0.231. The van der Waals surface area contributed by atoms with Crippen LogP contribution in [0.2, 0.25) is 0 Å². The van der Waals surface area contributed by atoms with E-state index in [1.54, 1.807) is 7.11 Å². The minimum atomic E-state index is -0.706. The number of para-hydroxylation sites is 1. The monoisotopic (exact) mass is 398 g/mol. The first kappa shape index (κ1) is 19.9. The molecule has 1 fully saturated rings. The zero-order chi connectivity index (χ0) is 21.1. The van der Waals surface area contributed by atoms with E-state index in [2.05, 4.69) is 19.1 Å². The molecule has 3 aromatic carbocycles. The molecule has 1 unspecified atom stereocenters. The number of amides is 1. The lowest BCUT2D eigenvalue weighted by molar-refractivity contribution is -0.121. The van der Waals surface area contributed by atoms with Crippen molar-refractivity contribution in [2.24, 2.45) is 10.4 Å². The molecule has 1 aliphatic heterocycles. The Morgan fingerprint density at radius 3 is 2.30 bits per heavy atom. The van der Waals surface area contributed by atoms with Gasteiger partial charge in [-0.1, -0.05) is 42.5 Å². The Labute approximate surface area is 177 Å². The minimum absolute atomic E-state index is 0.0746. The predicted octanol–water partition coefficient (Wildman–Crippen LogP) is 5.57. The van der Waals surface area contributed by atoms with Crippen LogP contribution in [0.1, 0.15) is 24.5 Å². The molecule has 4 heteroatoms. The summed E-state index contributed by atoms with van der Waals surface area (Å²) in [6.07, 6.45) is 0.706. The SMILES string of the molecule is COc1ccc(N2CCC(C)(C(=Nc3ccccc3)c3ccccc3C)C2=O)cc1. The van der Waals surface area contributed by atoms with Crippen molar-refractivity contribution in [3.63, 3.8) is 0 Å². The summed E-state index contributed by atoms with van der Waals surface area (Å²) in [5.41, 5.74) is 3.99. The molecular weight excluding hydrogens is 372 g/mol. The van der Waals surface area contributed by atoms with Gasteiger partial charge in [0.1, 0.15) is 5.75 Å². The van der Waals surface area contributed by atoms with Gasteiger partial charge in [-0.25, -0.2) is 0 Å². The van der Waals surface area contributed by atoms with Gasteiger partial charge in [-0.2, -0.15) is 0 Å². The fourth-order valence-electron chi connectivity index (χ4n) is 4.02. The molecule has 0 bridgehead atoms. The van der Waals surface area contributed by atoms with Crippen LogP contribution >= 0.6 is 0 Å². The molecule has 4 nitrogen and oxygen atoms in total. The molecule has 0 spiro atoms. The number of aryl methyl sites for hydroxylation is 1. The highest BCUT2D eigenvalue weighted by molar-refractivity contribution is 6.22. The number of anilines is 1.